The summed E-state index contributed by atoms with van der Waals surface area (Å²) in [7, 11) is 0. The number of nitrogens with zero attached hydrogens (tertiary/aromatic N) is 1. The van der Waals surface area contributed by atoms with Crippen LogP contribution in [0.15, 0.2) is 285 Å². The third kappa shape index (κ3) is 6.14. The molecule has 2 heterocycles. The fourth-order valence-corrected chi connectivity index (χ4v) is 13.7. The molecule has 0 unspecified atom stereocenters. The van der Waals surface area contributed by atoms with Gasteiger partial charge in [-0.15, -0.1) is 0 Å². The molecule has 360 valence electrons. The highest BCUT2D eigenvalue weighted by molar-refractivity contribution is 5.98. The molecule has 16 rings (SSSR count). The second kappa shape index (κ2) is 16.8. The van der Waals surface area contributed by atoms with Crippen LogP contribution in [0.25, 0.3) is 55.6 Å². The normalized spacial score (nSPS) is 13.9. The third-order valence-corrected chi connectivity index (χ3v) is 16.8. The zero-order valence-corrected chi connectivity index (χ0v) is 41.9. The van der Waals surface area contributed by atoms with Crippen molar-refractivity contribution in [1.82, 2.24) is 0 Å². The molecule has 2 spiro atoms. The number of rotatable bonds is 6. The van der Waals surface area contributed by atoms with Crippen LogP contribution in [-0.4, -0.2) is 0 Å². The second-order valence-electron chi connectivity index (χ2n) is 20.6. The molecule has 0 saturated heterocycles. The van der Waals surface area contributed by atoms with Crippen molar-refractivity contribution in [2.45, 2.75) is 10.8 Å². The Balaban J connectivity index is 0.867. The average molecular weight is 982 g/mol. The van der Waals surface area contributed by atoms with E-state index in [0.717, 1.165) is 79.0 Å². The first kappa shape index (κ1) is 43.4. The van der Waals surface area contributed by atoms with Gasteiger partial charge in [-0.2, -0.15) is 0 Å². The zero-order valence-electron chi connectivity index (χ0n) is 41.9. The van der Waals surface area contributed by atoms with Gasteiger partial charge in [-0.05, 0) is 133 Å². The number of hydrogen-bond acceptors (Lipinski definition) is 3. The number of para-hydroxylation sites is 5. The molecule has 0 atom stereocenters. The molecule has 0 amide bonds. The van der Waals surface area contributed by atoms with E-state index < -0.39 is 10.8 Å². The van der Waals surface area contributed by atoms with E-state index in [1.807, 2.05) is 0 Å². The smallest absolute Gasteiger partial charge is 0.132 e. The van der Waals surface area contributed by atoms with Crippen molar-refractivity contribution < 1.29 is 9.47 Å². The van der Waals surface area contributed by atoms with Crippen molar-refractivity contribution >= 4 is 17.1 Å². The first-order valence-electron chi connectivity index (χ1n) is 26.6. The van der Waals surface area contributed by atoms with E-state index in [-0.39, 0.29) is 0 Å². The van der Waals surface area contributed by atoms with Gasteiger partial charge in [0.15, 0.2) is 0 Å². The highest BCUT2D eigenvalue weighted by Gasteiger charge is 2.53. The van der Waals surface area contributed by atoms with Gasteiger partial charge in [0, 0.05) is 39.2 Å². The van der Waals surface area contributed by atoms with Gasteiger partial charge in [0.25, 0.3) is 0 Å². The highest BCUT2D eigenvalue weighted by atomic mass is 16.5. The average Bonchev–Trinajstić information content (AvgIpc) is 4.19. The van der Waals surface area contributed by atoms with Crippen molar-refractivity contribution in [3.8, 4) is 78.6 Å². The molecule has 0 bridgehead atoms. The summed E-state index contributed by atoms with van der Waals surface area (Å²) in [6.07, 6.45) is 0. The van der Waals surface area contributed by atoms with Gasteiger partial charge in [-0.1, -0.05) is 224 Å². The summed E-state index contributed by atoms with van der Waals surface area (Å²) in [5, 5.41) is 0. The van der Waals surface area contributed by atoms with Crippen LogP contribution in [0.2, 0.25) is 0 Å². The Bertz CT molecular complexity index is 4250. The maximum absolute atomic E-state index is 6.71. The standard InChI is InChI=1S/C74H47NO2/c1-2-19-48(20-3-1)49-37-42-52(43-38-49)75(53-44-39-50(40-45-53)55-24-18-31-65-72(55)58-23-5-8-26-60(58)73(65)61-27-9-14-33-68(61)76-69-34-15-10-28-62(69)73)67-32-13-6-21-54(67)51-41-46-57-56-22-4-7-25-59(56)74(66(57)47-51)63-29-11-16-35-70(63)77-71-36-17-12-30-64(71)74/h1-47H. The predicted octanol–water partition coefficient (Wildman–Crippen LogP) is 19.1. The lowest BCUT2D eigenvalue weighted by molar-refractivity contribution is 0.436. The largest absolute Gasteiger partial charge is 0.457 e. The number of benzene rings is 12. The van der Waals surface area contributed by atoms with Crippen LogP contribution < -0.4 is 14.4 Å². The van der Waals surface area contributed by atoms with Crippen LogP contribution in [0.1, 0.15) is 44.5 Å². The van der Waals surface area contributed by atoms with E-state index in [0.29, 0.717) is 0 Å². The van der Waals surface area contributed by atoms with Crippen molar-refractivity contribution in [1.29, 1.82) is 0 Å². The monoisotopic (exact) mass is 981 g/mol. The Hall–Kier alpha value is -9.96. The number of fused-ring (bicyclic) bond motifs is 18. The van der Waals surface area contributed by atoms with E-state index in [1.165, 1.54) is 61.2 Å². The lowest BCUT2D eigenvalue weighted by Crippen LogP contribution is -2.32. The number of anilines is 3. The van der Waals surface area contributed by atoms with E-state index in [4.69, 9.17) is 9.47 Å². The molecule has 0 saturated carbocycles. The topological polar surface area (TPSA) is 21.7 Å². The van der Waals surface area contributed by atoms with E-state index in [1.54, 1.807) is 0 Å². The van der Waals surface area contributed by atoms with Crippen LogP contribution >= 0.6 is 0 Å². The van der Waals surface area contributed by atoms with Gasteiger partial charge < -0.3 is 14.4 Å². The van der Waals surface area contributed by atoms with Crippen molar-refractivity contribution in [3.05, 3.63) is 330 Å². The first-order chi connectivity index (χ1) is 38.2. The molecule has 0 aromatic heterocycles. The second-order valence-corrected chi connectivity index (χ2v) is 20.6. The van der Waals surface area contributed by atoms with Gasteiger partial charge >= 0.3 is 0 Å². The maximum Gasteiger partial charge on any atom is 0.132 e. The summed E-state index contributed by atoms with van der Waals surface area (Å²) < 4.78 is 13.4. The molecule has 3 nitrogen and oxygen atoms in total. The van der Waals surface area contributed by atoms with E-state index in [2.05, 4.69) is 290 Å². The molecule has 0 radical (unpaired) electrons. The van der Waals surface area contributed by atoms with Crippen LogP contribution in [0.5, 0.6) is 23.0 Å². The Morgan fingerprint density at radius 1 is 0.234 bits per heavy atom. The molecule has 0 fully saturated rings. The molecule has 2 aliphatic heterocycles. The molecule has 2 aliphatic carbocycles. The fourth-order valence-electron chi connectivity index (χ4n) is 13.7. The predicted molar refractivity (Wildman–Crippen MR) is 312 cm³/mol. The van der Waals surface area contributed by atoms with Crippen molar-refractivity contribution in [2.75, 3.05) is 4.90 Å². The Morgan fingerprint density at radius 2 is 0.623 bits per heavy atom. The lowest BCUT2D eigenvalue weighted by Gasteiger charge is -2.39. The molecule has 3 heteroatoms. The van der Waals surface area contributed by atoms with Gasteiger partial charge in [-0.3, -0.25) is 0 Å². The first-order valence-corrected chi connectivity index (χ1v) is 26.6. The highest BCUT2D eigenvalue weighted by Crippen LogP contribution is 2.65. The zero-order chi connectivity index (χ0) is 50.7. The minimum Gasteiger partial charge on any atom is -0.457 e. The van der Waals surface area contributed by atoms with Crippen LogP contribution in [0.4, 0.5) is 17.1 Å². The van der Waals surface area contributed by atoms with Crippen LogP contribution in [-0.2, 0) is 10.8 Å². The van der Waals surface area contributed by atoms with Gasteiger partial charge in [0.2, 0.25) is 0 Å². The van der Waals surface area contributed by atoms with E-state index in [9.17, 15) is 0 Å². The SMILES string of the molecule is c1ccc(-c2ccc(N(c3ccc(-c4cccc5c4-c4ccccc4C54c5ccccc5Oc5ccccc54)cc3)c3ccccc3-c3ccc4c(c3)C3(c5ccccc5Oc5ccccc53)c3ccccc3-4)cc2)cc1. The summed E-state index contributed by atoms with van der Waals surface area (Å²) >= 11 is 0. The summed E-state index contributed by atoms with van der Waals surface area (Å²) in [6.45, 7) is 0. The third-order valence-electron chi connectivity index (χ3n) is 16.8. The number of ether oxygens (including phenoxy) is 2. The summed E-state index contributed by atoms with van der Waals surface area (Å²) in [5.74, 6) is 3.56. The summed E-state index contributed by atoms with van der Waals surface area (Å²) in [4.78, 5) is 2.43. The van der Waals surface area contributed by atoms with Crippen LogP contribution in [0, 0.1) is 0 Å². The summed E-state index contributed by atoms with van der Waals surface area (Å²) in [6, 6.07) is 104. The van der Waals surface area contributed by atoms with Crippen molar-refractivity contribution in [2.24, 2.45) is 0 Å². The minimum absolute atomic E-state index is 0.544. The molecule has 4 aliphatic rings. The molecule has 12 aromatic carbocycles. The molecule has 12 aromatic rings. The fraction of sp³-hybridized carbons (Fsp3) is 0.0270. The Labute approximate surface area is 448 Å². The molecular formula is C74H47NO2. The van der Waals surface area contributed by atoms with Gasteiger partial charge in [0.1, 0.15) is 23.0 Å². The minimum atomic E-state index is -0.583. The molecular weight excluding hydrogens is 935 g/mol. The van der Waals surface area contributed by atoms with Crippen molar-refractivity contribution in [3.63, 3.8) is 0 Å². The van der Waals surface area contributed by atoms with Crippen LogP contribution in [0.3, 0.4) is 0 Å². The Morgan fingerprint density at radius 3 is 1.21 bits per heavy atom. The number of hydrogen-bond donors (Lipinski definition) is 0. The van der Waals surface area contributed by atoms with Gasteiger partial charge in [-0.25, -0.2) is 0 Å². The summed E-state index contributed by atoms with van der Waals surface area (Å²) in [5.41, 5.74) is 23.7. The lowest BCUT2D eigenvalue weighted by atomic mass is 9.66. The maximum atomic E-state index is 6.71. The van der Waals surface area contributed by atoms with E-state index >= 15 is 0 Å². The Kier molecular flexibility index (Phi) is 9.47. The molecule has 0 N–H and O–H groups in total. The molecule has 77 heavy (non-hydrogen) atoms. The quantitative estimate of drug-likeness (QED) is 0.166. The van der Waals surface area contributed by atoms with Gasteiger partial charge in [0.05, 0.1) is 16.5 Å².